The molecular formula is C11H7BrCl3N3O. The third-order valence-electron chi connectivity index (χ3n) is 2.12. The fourth-order valence-electron chi connectivity index (χ4n) is 1.23. The molecule has 0 radical (unpaired) electrons. The Bertz CT molecular complexity index is 624. The predicted octanol–water partition coefficient (Wildman–Crippen LogP) is 5.03. The first kappa shape index (κ1) is 14.7. The molecule has 1 heterocycles. The zero-order valence-corrected chi connectivity index (χ0v) is 13.4. The van der Waals surface area contributed by atoms with Crippen LogP contribution in [0.1, 0.15) is 0 Å². The summed E-state index contributed by atoms with van der Waals surface area (Å²) in [7, 11) is 1.69. The number of ether oxygens (including phenoxy) is 1. The van der Waals surface area contributed by atoms with Gasteiger partial charge in [-0.05, 0) is 22.0 Å². The van der Waals surface area contributed by atoms with Gasteiger partial charge in [0.1, 0.15) is 10.8 Å². The highest BCUT2D eigenvalue weighted by atomic mass is 79.9. The van der Waals surface area contributed by atoms with Crippen LogP contribution >= 0.6 is 50.7 Å². The monoisotopic (exact) mass is 381 g/mol. The molecule has 0 atom stereocenters. The summed E-state index contributed by atoms with van der Waals surface area (Å²) in [5.74, 6) is 0.942. The molecule has 0 spiro atoms. The van der Waals surface area contributed by atoms with Crippen LogP contribution in [0.2, 0.25) is 15.1 Å². The lowest BCUT2D eigenvalue weighted by Crippen LogP contribution is -1.98. The number of aromatic nitrogens is 2. The van der Waals surface area contributed by atoms with Gasteiger partial charge < -0.3 is 10.1 Å². The molecule has 0 fully saturated rings. The first-order valence-electron chi connectivity index (χ1n) is 5.04. The summed E-state index contributed by atoms with van der Waals surface area (Å²) in [6.07, 6.45) is 1.43. The third kappa shape index (κ3) is 3.42. The van der Waals surface area contributed by atoms with Gasteiger partial charge in [-0.2, -0.15) is 4.98 Å². The van der Waals surface area contributed by atoms with Crippen molar-refractivity contribution in [2.75, 3.05) is 12.4 Å². The van der Waals surface area contributed by atoms with Gasteiger partial charge in [0.15, 0.2) is 0 Å². The molecule has 0 unspecified atom stereocenters. The molecule has 100 valence electrons. The Hall–Kier alpha value is -0.750. The maximum Gasteiger partial charge on any atom is 0.243 e. The minimum Gasteiger partial charge on any atom is -0.436 e. The first-order chi connectivity index (χ1) is 9.01. The first-order valence-corrected chi connectivity index (χ1v) is 6.96. The van der Waals surface area contributed by atoms with Crippen LogP contribution in [0.3, 0.4) is 0 Å². The zero-order chi connectivity index (χ0) is 14.0. The summed E-state index contributed by atoms with van der Waals surface area (Å²) >= 11 is 21.3. The van der Waals surface area contributed by atoms with Gasteiger partial charge in [0.05, 0.1) is 16.2 Å². The second kappa shape index (κ2) is 6.13. The van der Waals surface area contributed by atoms with Crippen molar-refractivity contribution in [3.05, 3.63) is 37.9 Å². The van der Waals surface area contributed by atoms with Crippen LogP contribution in [0.4, 0.5) is 5.95 Å². The fraction of sp³-hybridized carbons (Fsp3) is 0.0909. The number of rotatable bonds is 3. The molecule has 0 amide bonds. The average Bonchev–Trinajstić information content (AvgIpc) is 2.38. The van der Waals surface area contributed by atoms with Crippen LogP contribution in [-0.2, 0) is 0 Å². The molecule has 8 heteroatoms. The van der Waals surface area contributed by atoms with E-state index in [9.17, 15) is 0 Å². The molecule has 19 heavy (non-hydrogen) atoms. The molecule has 2 aromatic rings. The van der Waals surface area contributed by atoms with E-state index in [1.165, 1.54) is 6.20 Å². The van der Waals surface area contributed by atoms with Gasteiger partial charge in [0.25, 0.3) is 0 Å². The van der Waals surface area contributed by atoms with Crippen molar-refractivity contribution >= 4 is 56.7 Å². The van der Waals surface area contributed by atoms with E-state index in [0.29, 0.717) is 26.2 Å². The number of halogens is 4. The number of benzene rings is 1. The van der Waals surface area contributed by atoms with E-state index in [4.69, 9.17) is 39.5 Å². The average molecular weight is 383 g/mol. The van der Waals surface area contributed by atoms with Gasteiger partial charge in [0.2, 0.25) is 11.8 Å². The van der Waals surface area contributed by atoms with Gasteiger partial charge >= 0.3 is 0 Å². The summed E-state index contributed by atoms with van der Waals surface area (Å²) in [4.78, 5) is 8.04. The molecule has 2 rings (SSSR count). The molecule has 0 saturated heterocycles. The molecule has 1 aromatic heterocycles. The number of nitrogens with zero attached hydrogens (tertiary/aromatic N) is 2. The van der Waals surface area contributed by atoms with Crippen molar-refractivity contribution in [3.8, 4) is 11.6 Å². The SMILES string of the molecule is CNc1ncc(Cl)c(Oc2cc(Cl)c(Br)cc2Cl)n1. The number of nitrogens with one attached hydrogen (secondary N) is 1. The Morgan fingerprint density at radius 2 is 1.89 bits per heavy atom. The third-order valence-corrected chi connectivity index (χ3v) is 3.87. The highest BCUT2D eigenvalue weighted by Crippen LogP contribution is 2.37. The van der Waals surface area contributed by atoms with Crippen molar-refractivity contribution in [3.63, 3.8) is 0 Å². The van der Waals surface area contributed by atoms with Gasteiger partial charge in [-0.1, -0.05) is 34.8 Å². The van der Waals surface area contributed by atoms with Crippen LogP contribution in [0, 0.1) is 0 Å². The van der Waals surface area contributed by atoms with Gasteiger partial charge in [-0.3, -0.25) is 0 Å². The molecule has 0 aliphatic heterocycles. The second-order valence-electron chi connectivity index (χ2n) is 3.40. The van der Waals surface area contributed by atoms with Crippen molar-refractivity contribution in [2.45, 2.75) is 0 Å². The van der Waals surface area contributed by atoms with Crippen LogP contribution in [0.15, 0.2) is 22.8 Å². The number of hydrogen-bond donors (Lipinski definition) is 1. The van der Waals surface area contributed by atoms with Crippen LogP contribution in [-0.4, -0.2) is 17.0 Å². The van der Waals surface area contributed by atoms with Gasteiger partial charge in [0, 0.05) is 17.6 Å². The van der Waals surface area contributed by atoms with Crippen molar-refractivity contribution in [1.82, 2.24) is 9.97 Å². The molecule has 4 nitrogen and oxygen atoms in total. The van der Waals surface area contributed by atoms with Crippen molar-refractivity contribution < 1.29 is 4.74 Å². The summed E-state index contributed by atoms with van der Waals surface area (Å²) < 4.78 is 6.24. The molecule has 0 bridgehead atoms. The second-order valence-corrected chi connectivity index (χ2v) is 5.47. The van der Waals surface area contributed by atoms with Crippen LogP contribution in [0.5, 0.6) is 11.6 Å². The van der Waals surface area contributed by atoms with E-state index < -0.39 is 0 Å². The molecule has 1 N–H and O–H groups in total. The Morgan fingerprint density at radius 3 is 2.58 bits per heavy atom. The molecule has 1 aromatic carbocycles. The van der Waals surface area contributed by atoms with Crippen LogP contribution < -0.4 is 10.1 Å². The smallest absolute Gasteiger partial charge is 0.243 e. The predicted molar refractivity (Wildman–Crippen MR) is 80.8 cm³/mol. The number of anilines is 1. The normalized spacial score (nSPS) is 10.4. The topological polar surface area (TPSA) is 47.0 Å². The van der Waals surface area contributed by atoms with Gasteiger partial charge in [-0.15, -0.1) is 0 Å². The summed E-state index contributed by atoms with van der Waals surface area (Å²) in [5.41, 5.74) is 0. The molecule has 0 aliphatic carbocycles. The Balaban J connectivity index is 2.38. The molecular weight excluding hydrogens is 376 g/mol. The van der Waals surface area contributed by atoms with E-state index in [0.717, 1.165) is 0 Å². The maximum atomic E-state index is 6.06. The minimum absolute atomic E-state index is 0.196. The summed E-state index contributed by atoms with van der Waals surface area (Å²) in [6.45, 7) is 0. The summed E-state index contributed by atoms with van der Waals surface area (Å²) in [6, 6.07) is 3.21. The van der Waals surface area contributed by atoms with Gasteiger partial charge in [-0.25, -0.2) is 4.98 Å². The zero-order valence-electron chi connectivity index (χ0n) is 9.55. The van der Waals surface area contributed by atoms with E-state index in [1.54, 1.807) is 19.2 Å². The van der Waals surface area contributed by atoms with Crippen molar-refractivity contribution in [1.29, 1.82) is 0 Å². The quantitative estimate of drug-likeness (QED) is 0.755. The lowest BCUT2D eigenvalue weighted by atomic mass is 10.3. The Morgan fingerprint density at radius 1 is 1.16 bits per heavy atom. The summed E-state index contributed by atoms with van der Waals surface area (Å²) in [5, 5.41) is 3.92. The molecule has 0 aliphatic rings. The van der Waals surface area contributed by atoms with E-state index in [1.807, 2.05) is 0 Å². The highest BCUT2D eigenvalue weighted by Gasteiger charge is 2.12. The van der Waals surface area contributed by atoms with E-state index in [2.05, 4.69) is 31.2 Å². The molecule has 0 saturated carbocycles. The van der Waals surface area contributed by atoms with Crippen LogP contribution in [0.25, 0.3) is 0 Å². The fourth-order valence-corrected chi connectivity index (χ4v) is 2.19. The number of hydrogen-bond acceptors (Lipinski definition) is 4. The van der Waals surface area contributed by atoms with E-state index >= 15 is 0 Å². The van der Waals surface area contributed by atoms with Crippen molar-refractivity contribution in [2.24, 2.45) is 0 Å². The Kier molecular flexibility index (Phi) is 4.73. The lowest BCUT2D eigenvalue weighted by molar-refractivity contribution is 0.463. The lowest BCUT2D eigenvalue weighted by Gasteiger charge is -2.10. The largest absolute Gasteiger partial charge is 0.436 e. The maximum absolute atomic E-state index is 6.06. The Labute approximate surface area is 133 Å². The van der Waals surface area contributed by atoms with E-state index in [-0.39, 0.29) is 10.9 Å². The minimum atomic E-state index is 0.196. The highest BCUT2D eigenvalue weighted by molar-refractivity contribution is 9.10. The standard InChI is InChI=1S/C11H7BrCl3N3O/c1-16-11-17-4-8(15)10(18-11)19-9-3-6(13)5(12)2-7(9)14/h2-4H,1H3,(H,16,17,18).